The van der Waals surface area contributed by atoms with Gasteiger partial charge in [0, 0.05) is 23.5 Å². The van der Waals surface area contributed by atoms with Crippen molar-refractivity contribution < 1.29 is 13.9 Å². The molecule has 1 unspecified atom stereocenters. The van der Waals surface area contributed by atoms with Gasteiger partial charge in [0.2, 0.25) is 0 Å². The molecule has 0 spiro atoms. The van der Waals surface area contributed by atoms with Crippen LogP contribution in [0.15, 0.2) is 60.9 Å². The van der Waals surface area contributed by atoms with Gasteiger partial charge in [-0.3, -0.25) is 0 Å². The molecule has 0 fully saturated rings. The first-order chi connectivity index (χ1) is 19.7. The first kappa shape index (κ1) is 31.6. The Hall–Kier alpha value is -2.95. The van der Waals surface area contributed by atoms with Gasteiger partial charge in [-0.05, 0) is 54.8 Å². The minimum absolute atomic E-state index is 0.0970. The van der Waals surface area contributed by atoms with Gasteiger partial charge in [-0.25, -0.2) is 14.4 Å². The second kappa shape index (κ2) is 19.2. The summed E-state index contributed by atoms with van der Waals surface area (Å²) in [4.78, 5) is 9.13. The first-order valence-electron chi connectivity index (χ1n) is 15.6. The van der Waals surface area contributed by atoms with Gasteiger partial charge in [0.1, 0.15) is 24.3 Å². The van der Waals surface area contributed by atoms with Gasteiger partial charge in [0.15, 0.2) is 5.82 Å². The second-order valence-electron chi connectivity index (χ2n) is 10.8. The zero-order valence-electron chi connectivity index (χ0n) is 24.8. The molecule has 4 nitrogen and oxygen atoms in total. The van der Waals surface area contributed by atoms with Crippen molar-refractivity contribution >= 4 is 0 Å². The smallest absolute Gasteiger partial charge is 0.159 e. The van der Waals surface area contributed by atoms with Gasteiger partial charge in [-0.2, -0.15) is 0 Å². The summed E-state index contributed by atoms with van der Waals surface area (Å²) < 4.78 is 25.6. The van der Waals surface area contributed by atoms with Crippen LogP contribution in [0.4, 0.5) is 4.39 Å². The van der Waals surface area contributed by atoms with Crippen molar-refractivity contribution in [2.24, 2.45) is 0 Å². The van der Waals surface area contributed by atoms with Crippen LogP contribution in [0.5, 0.6) is 11.5 Å². The Balaban J connectivity index is 1.37. The van der Waals surface area contributed by atoms with Gasteiger partial charge >= 0.3 is 0 Å². The highest BCUT2D eigenvalue weighted by Gasteiger charge is 2.09. The van der Waals surface area contributed by atoms with Gasteiger partial charge in [-0.15, -0.1) is 0 Å². The fourth-order valence-electron chi connectivity index (χ4n) is 4.74. The van der Waals surface area contributed by atoms with Crippen LogP contribution in [-0.4, -0.2) is 29.4 Å². The number of halogens is 1. The maximum Gasteiger partial charge on any atom is 0.159 e. The average Bonchev–Trinajstić information content (AvgIpc) is 3.00. The Bertz CT molecular complexity index is 1040. The van der Waals surface area contributed by atoms with Crippen LogP contribution in [0.2, 0.25) is 0 Å². The van der Waals surface area contributed by atoms with Crippen molar-refractivity contribution in [1.82, 2.24) is 9.97 Å². The molecule has 0 N–H and O–H groups in total. The van der Waals surface area contributed by atoms with Crippen molar-refractivity contribution in [2.75, 3.05) is 13.2 Å². The van der Waals surface area contributed by atoms with Crippen molar-refractivity contribution in [3.63, 3.8) is 0 Å². The van der Waals surface area contributed by atoms with Crippen molar-refractivity contribution in [3.8, 4) is 34.0 Å². The Labute approximate surface area is 241 Å². The summed E-state index contributed by atoms with van der Waals surface area (Å²) in [5.74, 6) is 2.21. The summed E-state index contributed by atoms with van der Waals surface area (Å²) in [7, 11) is 0. The van der Waals surface area contributed by atoms with E-state index in [2.05, 4.69) is 35.9 Å². The largest absolute Gasteiger partial charge is 0.494 e. The second-order valence-corrected chi connectivity index (χ2v) is 10.8. The van der Waals surface area contributed by atoms with E-state index >= 15 is 0 Å². The molecular formula is C35H49FN2O2. The van der Waals surface area contributed by atoms with Crippen LogP contribution < -0.4 is 9.47 Å². The molecule has 0 aliphatic carbocycles. The molecule has 3 rings (SSSR count). The average molecular weight is 549 g/mol. The van der Waals surface area contributed by atoms with E-state index in [1.54, 1.807) is 0 Å². The number of hydrogen-bond acceptors (Lipinski definition) is 4. The minimum atomic E-state index is -0.923. The third kappa shape index (κ3) is 12.1. The number of unbranched alkanes of at least 4 members (excludes halogenated alkanes) is 11. The van der Waals surface area contributed by atoms with E-state index in [9.17, 15) is 4.39 Å². The molecule has 2 aromatic carbocycles. The van der Waals surface area contributed by atoms with E-state index in [4.69, 9.17) is 9.47 Å². The fraction of sp³-hybridized carbons (Fsp3) is 0.543. The van der Waals surface area contributed by atoms with E-state index < -0.39 is 6.17 Å². The summed E-state index contributed by atoms with van der Waals surface area (Å²) in [5.41, 5.74) is 2.92. The molecule has 0 aliphatic heterocycles. The van der Waals surface area contributed by atoms with Crippen LogP contribution in [0.25, 0.3) is 22.5 Å². The van der Waals surface area contributed by atoms with Gasteiger partial charge in [0.25, 0.3) is 0 Å². The first-order valence-corrected chi connectivity index (χ1v) is 15.6. The number of hydrogen-bond donors (Lipinski definition) is 0. The number of alkyl halides is 1. The zero-order chi connectivity index (χ0) is 28.3. The Morgan fingerprint density at radius 2 is 1.07 bits per heavy atom. The number of nitrogens with zero attached hydrogens (tertiary/aromatic N) is 2. The lowest BCUT2D eigenvalue weighted by molar-refractivity contribution is 0.184. The lowest BCUT2D eigenvalue weighted by Gasteiger charge is -2.11. The third-order valence-corrected chi connectivity index (χ3v) is 7.27. The molecule has 0 saturated carbocycles. The molecule has 3 aromatic rings. The molecule has 218 valence electrons. The number of ether oxygens (including phenoxy) is 2. The predicted octanol–water partition coefficient (Wildman–Crippen LogP) is 10.4. The molecule has 0 bridgehead atoms. The van der Waals surface area contributed by atoms with E-state index in [-0.39, 0.29) is 6.61 Å². The number of aromatic nitrogens is 2. The van der Waals surface area contributed by atoms with Crippen molar-refractivity contribution in [2.45, 2.75) is 110 Å². The summed E-state index contributed by atoms with van der Waals surface area (Å²) >= 11 is 0. The SMILES string of the molecule is CCCCCCCCCCCOc1ccc(-c2cnc(-c3ccc(OCC(F)CCCCCC)cc3)nc2)cc1. The molecule has 0 saturated heterocycles. The van der Waals surface area contributed by atoms with Crippen LogP contribution in [0.1, 0.15) is 104 Å². The molecule has 1 heterocycles. The quantitative estimate of drug-likeness (QED) is 0.124. The Kier molecular flexibility index (Phi) is 15.1. The topological polar surface area (TPSA) is 44.2 Å². The molecule has 0 amide bonds. The molecule has 0 aliphatic rings. The van der Waals surface area contributed by atoms with Crippen LogP contribution in [0.3, 0.4) is 0 Å². The standard InChI is InChI=1S/C35H49FN2O2/c1-3-5-7-9-10-11-12-13-15-25-39-33-21-17-29(18-22-33)31-26-37-35(38-27-31)30-19-23-34(24-20-30)40-28-32(36)16-14-8-6-4-2/h17-24,26-27,32H,3-16,25,28H2,1-2H3. The van der Waals surface area contributed by atoms with Gasteiger partial charge < -0.3 is 9.47 Å². The van der Waals surface area contributed by atoms with E-state index in [0.717, 1.165) is 54.7 Å². The molecule has 1 aromatic heterocycles. The van der Waals surface area contributed by atoms with E-state index in [1.807, 2.05) is 48.8 Å². The Morgan fingerprint density at radius 1 is 0.575 bits per heavy atom. The van der Waals surface area contributed by atoms with Gasteiger partial charge in [0.05, 0.1) is 6.61 Å². The maximum atomic E-state index is 14.1. The van der Waals surface area contributed by atoms with Crippen molar-refractivity contribution in [1.29, 1.82) is 0 Å². The van der Waals surface area contributed by atoms with E-state index in [1.165, 1.54) is 57.8 Å². The molecule has 1 atom stereocenters. The highest BCUT2D eigenvalue weighted by Crippen LogP contribution is 2.24. The fourth-order valence-corrected chi connectivity index (χ4v) is 4.74. The number of benzene rings is 2. The third-order valence-electron chi connectivity index (χ3n) is 7.27. The molecule has 0 radical (unpaired) electrons. The summed E-state index contributed by atoms with van der Waals surface area (Å²) in [6.07, 6.45) is 19.5. The highest BCUT2D eigenvalue weighted by molar-refractivity contribution is 5.64. The zero-order valence-corrected chi connectivity index (χ0v) is 24.8. The van der Waals surface area contributed by atoms with Crippen LogP contribution in [0, 0.1) is 0 Å². The Morgan fingerprint density at radius 3 is 1.68 bits per heavy atom. The summed E-state index contributed by atoms with van der Waals surface area (Å²) in [5, 5.41) is 0. The maximum absolute atomic E-state index is 14.1. The van der Waals surface area contributed by atoms with Crippen molar-refractivity contribution in [3.05, 3.63) is 60.9 Å². The molecule has 40 heavy (non-hydrogen) atoms. The summed E-state index contributed by atoms with van der Waals surface area (Å²) in [6.45, 7) is 5.29. The lowest BCUT2D eigenvalue weighted by Crippen LogP contribution is -2.12. The van der Waals surface area contributed by atoms with E-state index in [0.29, 0.717) is 18.0 Å². The number of rotatable bonds is 21. The lowest BCUT2D eigenvalue weighted by atomic mass is 10.1. The molecule has 5 heteroatoms. The predicted molar refractivity (Wildman–Crippen MR) is 165 cm³/mol. The monoisotopic (exact) mass is 548 g/mol. The highest BCUT2D eigenvalue weighted by atomic mass is 19.1. The normalized spacial score (nSPS) is 11.9. The van der Waals surface area contributed by atoms with Crippen LogP contribution in [-0.2, 0) is 0 Å². The molecular weight excluding hydrogens is 499 g/mol. The minimum Gasteiger partial charge on any atom is -0.494 e. The van der Waals surface area contributed by atoms with Crippen LogP contribution >= 0.6 is 0 Å². The summed E-state index contributed by atoms with van der Waals surface area (Å²) in [6, 6.07) is 15.7. The van der Waals surface area contributed by atoms with Gasteiger partial charge in [-0.1, -0.05) is 103 Å².